The van der Waals surface area contributed by atoms with Gasteiger partial charge in [0.25, 0.3) is 0 Å². The summed E-state index contributed by atoms with van der Waals surface area (Å²) >= 11 is 0. The van der Waals surface area contributed by atoms with Crippen molar-refractivity contribution in [3.63, 3.8) is 0 Å². The van der Waals surface area contributed by atoms with Crippen molar-refractivity contribution in [1.82, 2.24) is 9.97 Å². The fourth-order valence-corrected chi connectivity index (χ4v) is 3.44. The molecule has 0 saturated carbocycles. The van der Waals surface area contributed by atoms with Crippen molar-refractivity contribution >= 4 is 43.6 Å². The molecule has 6 rings (SSSR count). The van der Waals surface area contributed by atoms with E-state index >= 15 is 0 Å². The van der Waals surface area contributed by atoms with Gasteiger partial charge in [0.1, 0.15) is 0 Å². The molecule has 0 saturated heterocycles. The summed E-state index contributed by atoms with van der Waals surface area (Å²) in [5.74, 6) is 0. The zero-order chi connectivity index (χ0) is 18.8. The molecule has 0 bridgehead atoms. The van der Waals surface area contributed by atoms with Gasteiger partial charge in [-0.2, -0.15) is 0 Å². The van der Waals surface area contributed by atoms with E-state index in [4.69, 9.17) is 0 Å². The van der Waals surface area contributed by atoms with Crippen LogP contribution in [0.15, 0.2) is 109 Å². The summed E-state index contributed by atoms with van der Waals surface area (Å²) < 4.78 is 0. The predicted octanol–water partition coefficient (Wildman–Crippen LogP) is 5.13. The van der Waals surface area contributed by atoms with Gasteiger partial charge in [-0.3, -0.25) is 0 Å². The van der Waals surface area contributed by atoms with Gasteiger partial charge in [-0.25, -0.2) is 9.97 Å². The molecule has 0 aliphatic carbocycles. The lowest BCUT2D eigenvalue weighted by Crippen LogP contribution is -1.80. The van der Waals surface area contributed by atoms with Gasteiger partial charge in [-0.15, -0.1) is 0 Å². The van der Waals surface area contributed by atoms with Crippen molar-refractivity contribution in [3.05, 3.63) is 109 Å². The number of hydrogen-bond donors (Lipinski definition) is 0. The number of pyridine rings is 2. The SMILES string of the molecule is O.O.c1ccc2nc3ccccc3cc2c1.c1ccc2nc3ccccc3cc2c1. The molecule has 148 valence electrons. The van der Waals surface area contributed by atoms with Gasteiger partial charge in [-0.1, -0.05) is 72.8 Å². The van der Waals surface area contributed by atoms with Gasteiger partial charge in [0, 0.05) is 21.5 Å². The van der Waals surface area contributed by atoms with Crippen LogP contribution in [0.5, 0.6) is 0 Å². The summed E-state index contributed by atoms with van der Waals surface area (Å²) in [4.78, 5) is 9.16. The molecule has 4 heteroatoms. The Morgan fingerprint density at radius 3 is 0.833 bits per heavy atom. The zero-order valence-electron chi connectivity index (χ0n) is 16.3. The van der Waals surface area contributed by atoms with Crippen molar-refractivity contribution in [2.75, 3.05) is 0 Å². The van der Waals surface area contributed by atoms with Crippen molar-refractivity contribution < 1.29 is 11.0 Å². The van der Waals surface area contributed by atoms with E-state index in [1.165, 1.54) is 21.5 Å². The predicted molar refractivity (Wildman–Crippen MR) is 126 cm³/mol. The van der Waals surface area contributed by atoms with Gasteiger partial charge in [0.2, 0.25) is 0 Å². The largest absolute Gasteiger partial charge is 0.412 e. The van der Waals surface area contributed by atoms with Crippen molar-refractivity contribution in [1.29, 1.82) is 0 Å². The Kier molecular flexibility index (Phi) is 6.32. The van der Waals surface area contributed by atoms with E-state index in [0.717, 1.165) is 22.1 Å². The highest BCUT2D eigenvalue weighted by atomic mass is 16.0. The Bertz CT molecular complexity index is 1110. The molecule has 2 heterocycles. The number of rotatable bonds is 0. The van der Waals surface area contributed by atoms with E-state index in [9.17, 15) is 0 Å². The molecule has 0 unspecified atom stereocenters. The third-order valence-corrected chi connectivity index (χ3v) is 4.85. The van der Waals surface area contributed by atoms with Crippen molar-refractivity contribution in [2.45, 2.75) is 0 Å². The van der Waals surface area contributed by atoms with Crippen LogP contribution in [0.2, 0.25) is 0 Å². The van der Waals surface area contributed by atoms with E-state index in [2.05, 4.69) is 46.4 Å². The fourth-order valence-electron chi connectivity index (χ4n) is 3.44. The van der Waals surface area contributed by atoms with E-state index in [-0.39, 0.29) is 11.0 Å². The Balaban J connectivity index is 0.000000160. The Morgan fingerprint density at radius 2 is 0.567 bits per heavy atom. The lowest BCUT2D eigenvalue weighted by molar-refractivity contribution is 0.823. The first-order valence-electron chi connectivity index (χ1n) is 9.36. The van der Waals surface area contributed by atoms with Gasteiger partial charge in [0.15, 0.2) is 0 Å². The Labute approximate surface area is 174 Å². The first-order valence-corrected chi connectivity index (χ1v) is 9.36. The number of fused-ring (bicyclic) bond motifs is 4. The van der Waals surface area contributed by atoms with Crippen LogP contribution < -0.4 is 0 Å². The van der Waals surface area contributed by atoms with Crippen LogP contribution in [-0.2, 0) is 0 Å². The average Bonchev–Trinajstić information content (AvgIpc) is 2.76. The van der Waals surface area contributed by atoms with Crippen LogP contribution in [-0.4, -0.2) is 20.9 Å². The number of para-hydroxylation sites is 4. The van der Waals surface area contributed by atoms with Crippen LogP contribution in [0.4, 0.5) is 0 Å². The first kappa shape index (κ1) is 20.9. The molecule has 0 aliphatic heterocycles. The van der Waals surface area contributed by atoms with Crippen LogP contribution in [0.1, 0.15) is 0 Å². The summed E-state index contributed by atoms with van der Waals surface area (Å²) in [6, 6.07) is 37.1. The highest BCUT2D eigenvalue weighted by Crippen LogP contribution is 2.19. The van der Waals surface area contributed by atoms with Crippen LogP contribution in [0.25, 0.3) is 43.6 Å². The summed E-state index contributed by atoms with van der Waals surface area (Å²) in [5.41, 5.74) is 4.25. The summed E-state index contributed by atoms with van der Waals surface area (Å²) in [6.45, 7) is 0. The minimum atomic E-state index is 0. The second kappa shape index (κ2) is 9.09. The van der Waals surface area contributed by atoms with E-state index in [1.807, 2.05) is 72.8 Å². The van der Waals surface area contributed by atoms with Gasteiger partial charge >= 0.3 is 0 Å². The number of benzene rings is 4. The molecule has 0 fully saturated rings. The van der Waals surface area contributed by atoms with E-state index in [1.54, 1.807) is 0 Å². The molecule has 0 spiro atoms. The highest BCUT2D eigenvalue weighted by Gasteiger charge is 1.97. The smallest absolute Gasteiger partial charge is 0.0709 e. The standard InChI is InChI=1S/2C13H9N.2H2O/c2*1-3-7-12-10(5-1)9-11-6-2-4-8-13(11)14-12;;/h2*1-9H;2*1H2. The average molecular weight is 394 g/mol. The summed E-state index contributed by atoms with van der Waals surface area (Å²) in [6.07, 6.45) is 0. The Morgan fingerprint density at radius 1 is 0.333 bits per heavy atom. The normalized spacial score (nSPS) is 10.1. The first-order chi connectivity index (χ1) is 13.9. The molecule has 0 aliphatic rings. The molecular weight excluding hydrogens is 372 g/mol. The number of aromatic nitrogens is 2. The quantitative estimate of drug-likeness (QED) is 0.334. The van der Waals surface area contributed by atoms with Gasteiger partial charge < -0.3 is 11.0 Å². The molecule has 30 heavy (non-hydrogen) atoms. The maximum atomic E-state index is 4.58. The monoisotopic (exact) mass is 394 g/mol. The lowest BCUT2D eigenvalue weighted by Gasteiger charge is -1.99. The zero-order valence-corrected chi connectivity index (χ0v) is 16.3. The van der Waals surface area contributed by atoms with E-state index < -0.39 is 0 Å². The molecular formula is C26H22N2O2. The van der Waals surface area contributed by atoms with E-state index in [0.29, 0.717) is 0 Å². The molecule has 0 amide bonds. The van der Waals surface area contributed by atoms with Gasteiger partial charge in [-0.05, 0) is 36.4 Å². The summed E-state index contributed by atoms with van der Waals surface area (Å²) in [7, 11) is 0. The number of hydrogen-bond acceptors (Lipinski definition) is 2. The van der Waals surface area contributed by atoms with Crippen LogP contribution >= 0.6 is 0 Å². The lowest BCUT2D eigenvalue weighted by atomic mass is 10.1. The molecule has 2 aromatic heterocycles. The minimum absolute atomic E-state index is 0. The maximum absolute atomic E-state index is 4.58. The molecule has 6 aromatic rings. The topological polar surface area (TPSA) is 88.8 Å². The third kappa shape index (κ3) is 4.10. The molecule has 4 nitrogen and oxygen atoms in total. The second-order valence-corrected chi connectivity index (χ2v) is 6.75. The number of nitrogens with zero attached hydrogens (tertiary/aromatic N) is 2. The van der Waals surface area contributed by atoms with Crippen molar-refractivity contribution in [2.24, 2.45) is 0 Å². The second-order valence-electron chi connectivity index (χ2n) is 6.75. The maximum Gasteiger partial charge on any atom is 0.0709 e. The fraction of sp³-hybridized carbons (Fsp3) is 0. The van der Waals surface area contributed by atoms with Crippen molar-refractivity contribution in [3.8, 4) is 0 Å². The summed E-state index contributed by atoms with van der Waals surface area (Å²) in [5, 5.41) is 4.80. The molecule has 0 atom stereocenters. The Hall–Kier alpha value is -3.86. The molecule has 4 aromatic carbocycles. The molecule has 4 N–H and O–H groups in total. The highest BCUT2D eigenvalue weighted by molar-refractivity contribution is 5.93. The van der Waals surface area contributed by atoms with Crippen LogP contribution in [0, 0.1) is 0 Å². The van der Waals surface area contributed by atoms with Gasteiger partial charge in [0.05, 0.1) is 22.1 Å². The van der Waals surface area contributed by atoms with Crippen LogP contribution in [0.3, 0.4) is 0 Å². The third-order valence-electron chi connectivity index (χ3n) is 4.85. The molecule has 0 radical (unpaired) electrons. The minimum Gasteiger partial charge on any atom is -0.412 e.